The van der Waals surface area contributed by atoms with Crippen LogP contribution in [0.2, 0.25) is 0 Å². The van der Waals surface area contributed by atoms with E-state index in [0.717, 1.165) is 51.8 Å². The molecule has 19 heavy (non-hydrogen) atoms. The maximum atomic E-state index is 12.7. The van der Waals surface area contributed by atoms with E-state index in [1.165, 1.54) is 6.42 Å². The summed E-state index contributed by atoms with van der Waals surface area (Å²) in [4.78, 5) is 14.7. The van der Waals surface area contributed by atoms with Crippen molar-refractivity contribution < 1.29 is 9.53 Å². The number of hydrogen-bond donors (Lipinski definition) is 1. The van der Waals surface area contributed by atoms with Crippen LogP contribution in [0.15, 0.2) is 0 Å². The fraction of sp³-hybridized carbons (Fsp3) is 0.933. The molecule has 1 saturated carbocycles. The van der Waals surface area contributed by atoms with E-state index in [1.807, 2.05) is 11.8 Å². The predicted octanol–water partition coefficient (Wildman–Crippen LogP) is 1.92. The third-order valence-corrected chi connectivity index (χ3v) is 4.53. The first kappa shape index (κ1) is 14.8. The van der Waals surface area contributed by atoms with E-state index in [1.54, 1.807) is 0 Å². The highest BCUT2D eigenvalue weighted by molar-refractivity contribution is 5.86. The normalized spacial score (nSPS) is 36.3. The lowest BCUT2D eigenvalue weighted by molar-refractivity contribution is -0.142. The van der Waals surface area contributed by atoms with Crippen molar-refractivity contribution in [2.45, 2.75) is 64.0 Å². The highest BCUT2D eigenvalue weighted by atomic mass is 16.5. The number of nitrogens with two attached hydrogens (primary N) is 1. The Hall–Kier alpha value is -0.610. The van der Waals surface area contributed by atoms with Gasteiger partial charge >= 0.3 is 0 Å². The van der Waals surface area contributed by atoms with E-state index >= 15 is 0 Å². The van der Waals surface area contributed by atoms with Gasteiger partial charge in [0.1, 0.15) is 0 Å². The molecule has 2 aliphatic rings. The Labute approximate surface area is 116 Å². The van der Waals surface area contributed by atoms with Crippen molar-refractivity contribution in [1.82, 2.24) is 4.90 Å². The molecular weight excluding hydrogens is 240 g/mol. The Morgan fingerprint density at radius 1 is 1.42 bits per heavy atom. The lowest BCUT2D eigenvalue weighted by atomic mass is 9.76. The monoisotopic (exact) mass is 268 g/mol. The number of rotatable bonds is 3. The van der Waals surface area contributed by atoms with Crippen LogP contribution in [-0.4, -0.2) is 42.1 Å². The zero-order valence-electron chi connectivity index (χ0n) is 12.4. The average molecular weight is 268 g/mol. The number of amides is 1. The quantitative estimate of drug-likeness (QED) is 0.851. The molecular formula is C15H28N2O2. The summed E-state index contributed by atoms with van der Waals surface area (Å²) in [7, 11) is 0. The fourth-order valence-electron chi connectivity index (χ4n) is 3.60. The molecule has 110 valence electrons. The molecule has 0 aromatic carbocycles. The summed E-state index contributed by atoms with van der Waals surface area (Å²) in [5, 5.41) is 0. The molecule has 0 radical (unpaired) electrons. The number of nitrogens with zero attached hydrogens (tertiary/aromatic N) is 1. The maximum absolute atomic E-state index is 12.7. The van der Waals surface area contributed by atoms with Gasteiger partial charge in [-0.15, -0.1) is 0 Å². The molecule has 0 aromatic heterocycles. The van der Waals surface area contributed by atoms with Crippen LogP contribution in [0.25, 0.3) is 0 Å². The summed E-state index contributed by atoms with van der Waals surface area (Å²) in [5.41, 5.74) is 5.79. The molecule has 1 saturated heterocycles. The van der Waals surface area contributed by atoms with E-state index in [9.17, 15) is 4.79 Å². The van der Waals surface area contributed by atoms with Gasteiger partial charge in [0.2, 0.25) is 5.91 Å². The molecule has 1 heterocycles. The molecule has 1 amide bonds. The van der Waals surface area contributed by atoms with E-state index in [2.05, 4.69) is 6.92 Å². The number of hydrogen-bond acceptors (Lipinski definition) is 3. The van der Waals surface area contributed by atoms with Gasteiger partial charge in [0.15, 0.2) is 0 Å². The van der Waals surface area contributed by atoms with Crippen molar-refractivity contribution in [3.05, 3.63) is 0 Å². The number of ether oxygens (including phenoxy) is 1. The predicted molar refractivity (Wildman–Crippen MR) is 75.8 cm³/mol. The largest absolute Gasteiger partial charge is 0.377 e. The Morgan fingerprint density at radius 2 is 2.21 bits per heavy atom. The van der Waals surface area contributed by atoms with Crippen molar-refractivity contribution in [3.8, 4) is 0 Å². The first-order valence-electron chi connectivity index (χ1n) is 7.75. The number of likely N-dealkylation sites (tertiary alicyclic amines) is 1. The van der Waals surface area contributed by atoms with E-state index in [4.69, 9.17) is 10.5 Å². The molecule has 0 aromatic rings. The summed E-state index contributed by atoms with van der Waals surface area (Å²) < 4.78 is 5.67. The van der Waals surface area contributed by atoms with Gasteiger partial charge in [0, 0.05) is 19.7 Å². The van der Waals surface area contributed by atoms with Crippen LogP contribution in [0, 0.1) is 5.92 Å². The van der Waals surface area contributed by atoms with Gasteiger partial charge in [0.05, 0.1) is 11.6 Å². The van der Waals surface area contributed by atoms with Crippen molar-refractivity contribution in [2.24, 2.45) is 11.7 Å². The second kappa shape index (κ2) is 6.23. The molecule has 4 heteroatoms. The average Bonchev–Trinajstić information content (AvgIpc) is 2.38. The molecule has 4 nitrogen and oxygen atoms in total. The Kier molecular flexibility index (Phi) is 4.85. The van der Waals surface area contributed by atoms with Crippen molar-refractivity contribution in [3.63, 3.8) is 0 Å². The van der Waals surface area contributed by atoms with Crippen LogP contribution in [0.5, 0.6) is 0 Å². The summed E-state index contributed by atoms with van der Waals surface area (Å²) in [5.74, 6) is 0.721. The summed E-state index contributed by atoms with van der Waals surface area (Å²) in [6.45, 7) is 6.49. The van der Waals surface area contributed by atoms with Gasteiger partial charge in [-0.25, -0.2) is 0 Å². The number of carbonyl (C=O) groups is 1. The third-order valence-electron chi connectivity index (χ3n) is 4.53. The van der Waals surface area contributed by atoms with Gasteiger partial charge in [-0.3, -0.25) is 4.79 Å². The van der Waals surface area contributed by atoms with Crippen LogP contribution in [-0.2, 0) is 9.53 Å². The van der Waals surface area contributed by atoms with Gasteiger partial charge in [-0.05, 0) is 38.5 Å². The van der Waals surface area contributed by atoms with E-state index < -0.39 is 5.54 Å². The van der Waals surface area contributed by atoms with Crippen LogP contribution in [0.1, 0.15) is 52.4 Å². The van der Waals surface area contributed by atoms with Crippen molar-refractivity contribution >= 4 is 5.91 Å². The first-order valence-corrected chi connectivity index (χ1v) is 7.75. The first-order chi connectivity index (χ1) is 9.05. The highest BCUT2D eigenvalue weighted by Crippen LogP contribution is 2.32. The lowest BCUT2D eigenvalue weighted by Gasteiger charge is -2.41. The van der Waals surface area contributed by atoms with Crippen LogP contribution in [0.3, 0.4) is 0 Å². The Balaban J connectivity index is 1.98. The molecule has 1 aliphatic heterocycles. The smallest absolute Gasteiger partial charge is 0.242 e. The topological polar surface area (TPSA) is 55.6 Å². The molecule has 1 aliphatic carbocycles. The zero-order chi connectivity index (χ0) is 13.9. The second-order valence-corrected chi connectivity index (χ2v) is 6.33. The molecule has 0 bridgehead atoms. The molecule has 2 fully saturated rings. The zero-order valence-corrected chi connectivity index (χ0v) is 12.4. The number of carbonyl (C=O) groups excluding carboxylic acids is 1. The van der Waals surface area contributed by atoms with Crippen molar-refractivity contribution in [1.29, 1.82) is 0 Å². The standard InChI is InChI=1S/C15H28N2O2/c1-3-19-13-7-5-9-17(11-13)14(18)15(16)8-4-6-12(2)10-15/h12-13H,3-11,16H2,1-2H3. The SMILES string of the molecule is CCOC1CCCN(C(=O)C2(N)CCCC(C)C2)C1. The number of piperidine rings is 1. The van der Waals surface area contributed by atoms with Gasteiger partial charge in [-0.1, -0.05) is 19.8 Å². The second-order valence-electron chi connectivity index (χ2n) is 6.33. The Bertz CT molecular complexity index is 319. The van der Waals surface area contributed by atoms with Crippen LogP contribution in [0.4, 0.5) is 0 Å². The van der Waals surface area contributed by atoms with Crippen LogP contribution < -0.4 is 5.73 Å². The molecule has 3 atom stereocenters. The summed E-state index contributed by atoms with van der Waals surface area (Å²) >= 11 is 0. The minimum atomic E-state index is -0.619. The Morgan fingerprint density at radius 3 is 2.89 bits per heavy atom. The molecule has 2 N–H and O–H groups in total. The highest BCUT2D eigenvalue weighted by Gasteiger charge is 2.41. The molecule has 2 rings (SSSR count). The van der Waals surface area contributed by atoms with Crippen LogP contribution >= 0.6 is 0 Å². The summed E-state index contributed by atoms with van der Waals surface area (Å²) in [6.07, 6.45) is 6.24. The van der Waals surface area contributed by atoms with Gasteiger partial charge < -0.3 is 15.4 Å². The minimum Gasteiger partial charge on any atom is -0.377 e. The minimum absolute atomic E-state index is 0.156. The third kappa shape index (κ3) is 3.48. The fourth-order valence-corrected chi connectivity index (χ4v) is 3.60. The molecule has 3 unspecified atom stereocenters. The van der Waals surface area contributed by atoms with Gasteiger partial charge in [-0.2, -0.15) is 0 Å². The van der Waals surface area contributed by atoms with Gasteiger partial charge in [0.25, 0.3) is 0 Å². The van der Waals surface area contributed by atoms with E-state index in [-0.39, 0.29) is 12.0 Å². The maximum Gasteiger partial charge on any atom is 0.242 e. The van der Waals surface area contributed by atoms with E-state index in [0.29, 0.717) is 5.92 Å². The van der Waals surface area contributed by atoms with Crippen molar-refractivity contribution in [2.75, 3.05) is 19.7 Å². The summed E-state index contributed by atoms with van der Waals surface area (Å²) in [6, 6.07) is 0. The lowest BCUT2D eigenvalue weighted by Crippen LogP contribution is -2.59. The molecule has 0 spiro atoms.